The van der Waals surface area contributed by atoms with E-state index in [0.717, 1.165) is 12.5 Å². The van der Waals surface area contributed by atoms with Crippen LogP contribution in [0.1, 0.15) is 68.9 Å². The van der Waals surface area contributed by atoms with Crippen molar-refractivity contribution in [2.24, 2.45) is 0 Å². The Labute approximate surface area is 206 Å². The van der Waals surface area contributed by atoms with Gasteiger partial charge in [-0.05, 0) is 81.6 Å². The third-order valence-electron chi connectivity index (χ3n) is 5.48. The summed E-state index contributed by atoms with van der Waals surface area (Å²) in [5.74, 6) is -0.910. The highest BCUT2D eigenvalue weighted by Gasteiger charge is 2.38. The molecule has 0 aliphatic carbocycles. The summed E-state index contributed by atoms with van der Waals surface area (Å²) >= 11 is 3.19. The highest BCUT2D eigenvalue weighted by Crippen LogP contribution is 2.41. The van der Waals surface area contributed by atoms with Crippen LogP contribution in [0.2, 0.25) is 0 Å². The van der Waals surface area contributed by atoms with E-state index in [-0.39, 0.29) is 40.5 Å². The molecule has 1 aliphatic rings. The SMILES string of the molecule is CCOC(=O)c1cc(C(F)(F)F)c(CN2CCCC(N(CC)C(=O)OC(C)(C)C)C2)c(Br)c1N. The van der Waals surface area contributed by atoms with Crippen LogP contribution in [0.4, 0.5) is 23.7 Å². The van der Waals surface area contributed by atoms with Crippen LogP contribution < -0.4 is 5.73 Å². The lowest BCUT2D eigenvalue weighted by Gasteiger charge is -2.39. The van der Waals surface area contributed by atoms with Gasteiger partial charge < -0.3 is 20.1 Å². The minimum absolute atomic E-state index is 0.0136. The fourth-order valence-electron chi connectivity index (χ4n) is 4.00. The molecule has 1 fully saturated rings. The number of likely N-dealkylation sites (tertiary alicyclic amines) is 1. The number of nitrogens with zero attached hydrogens (tertiary/aromatic N) is 2. The van der Waals surface area contributed by atoms with Crippen LogP contribution in [-0.4, -0.2) is 59.7 Å². The van der Waals surface area contributed by atoms with Crippen molar-refractivity contribution in [1.82, 2.24) is 9.80 Å². The molecule has 34 heavy (non-hydrogen) atoms. The van der Waals surface area contributed by atoms with Crippen molar-refractivity contribution in [2.75, 3.05) is 32.0 Å². The largest absolute Gasteiger partial charge is 0.462 e. The van der Waals surface area contributed by atoms with Gasteiger partial charge in [0.1, 0.15) is 5.60 Å². The molecule has 1 atom stereocenters. The first-order valence-corrected chi connectivity index (χ1v) is 12.1. The van der Waals surface area contributed by atoms with E-state index in [1.165, 1.54) is 0 Å². The van der Waals surface area contributed by atoms with Crippen LogP contribution in [0.3, 0.4) is 0 Å². The first-order chi connectivity index (χ1) is 15.7. The molecule has 0 radical (unpaired) electrons. The molecule has 1 aromatic rings. The molecular weight excluding hydrogens is 519 g/mol. The van der Waals surface area contributed by atoms with Crippen LogP contribution in [0.5, 0.6) is 0 Å². The molecule has 1 unspecified atom stereocenters. The Hall–Kier alpha value is -2.01. The molecule has 2 rings (SSSR count). The summed E-state index contributed by atoms with van der Waals surface area (Å²) in [6.07, 6.45) is -3.71. The maximum Gasteiger partial charge on any atom is 0.416 e. The number of likely N-dealkylation sites (N-methyl/N-ethyl adjacent to an activating group) is 1. The number of rotatable bonds is 6. The number of anilines is 1. The monoisotopic (exact) mass is 551 g/mol. The minimum atomic E-state index is -4.70. The van der Waals surface area contributed by atoms with E-state index in [0.29, 0.717) is 26.1 Å². The van der Waals surface area contributed by atoms with Crippen molar-refractivity contribution in [1.29, 1.82) is 0 Å². The molecule has 0 spiro atoms. The van der Waals surface area contributed by atoms with Crippen molar-refractivity contribution in [3.8, 4) is 0 Å². The summed E-state index contributed by atoms with van der Waals surface area (Å²) in [6, 6.07) is 0.561. The second-order valence-corrected chi connectivity index (χ2v) is 9.99. The number of hydrogen-bond acceptors (Lipinski definition) is 6. The Balaban J connectivity index is 2.34. The molecule has 1 saturated heterocycles. The van der Waals surface area contributed by atoms with Crippen molar-refractivity contribution in [3.05, 3.63) is 27.2 Å². The summed E-state index contributed by atoms with van der Waals surface area (Å²) in [7, 11) is 0. The molecule has 1 aromatic carbocycles. The average Bonchev–Trinajstić information content (AvgIpc) is 2.70. The zero-order chi connectivity index (χ0) is 25.8. The number of alkyl halides is 3. The molecule has 0 bridgehead atoms. The van der Waals surface area contributed by atoms with Gasteiger partial charge in [0.05, 0.1) is 23.4 Å². The second kappa shape index (κ2) is 11.2. The van der Waals surface area contributed by atoms with Crippen molar-refractivity contribution < 1.29 is 32.2 Å². The Morgan fingerprint density at radius 3 is 2.44 bits per heavy atom. The van der Waals surface area contributed by atoms with Crippen LogP contribution in [0.15, 0.2) is 10.5 Å². The van der Waals surface area contributed by atoms with Gasteiger partial charge in [-0.1, -0.05) is 0 Å². The predicted octanol–water partition coefficient (Wildman–Crippen LogP) is 5.45. The van der Waals surface area contributed by atoms with Gasteiger partial charge in [-0.15, -0.1) is 0 Å². The van der Waals surface area contributed by atoms with Crippen LogP contribution in [0, 0.1) is 0 Å². The molecular formula is C23H33BrF3N3O4. The number of esters is 1. The topological polar surface area (TPSA) is 85.1 Å². The summed E-state index contributed by atoms with van der Waals surface area (Å²) in [4.78, 5) is 28.3. The van der Waals surface area contributed by atoms with Crippen LogP contribution in [-0.2, 0) is 22.2 Å². The van der Waals surface area contributed by atoms with Gasteiger partial charge in [0, 0.05) is 30.1 Å². The quantitative estimate of drug-likeness (QED) is 0.374. The number of benzene rings is 1. The molecule has 0 saturated carbocycles. The Morgan fingerprint density at radius 2 is 1.91 bits per heavy atom. The standard InChI is InChI=1S/C23H33BrF3N3O4/c1-6-30(21(32)34-22(3,4)5)14-9-8-10-29(12-14)13-16-17(23(25,26)27)11-15(19(28)18(16)24)20(31)33-7-2/h11,14H,6-10,12-13,28H2,1-5H3. The zero-order valence-corrected chi connectivity index (χ0v) is 21.8. The fourth-order valence-corrected chi connectivity index (χ4v) is 4.56. The summed E-state index contributed by atoms with van der Waals surface area (Å²) in [5.41, 5.74) is 3.94. The minimum Gasteiger partial charge on any atom is -0.462 e. The molecule has 1 heterocycles. The lowest BCUT2D eigenvalue weighted by molar-refractivity contribution is -0.138. The molecule has 0 aromatic heterocycles. The fraction of sp³-hybridized carbons (Fsp3) is 0.652. The highest BCUT2D eigenvalue weighted by atomic mass is 79.9. The van der Waals surface area contributed by atoms with E-state index in [1.54, 1.807) is 32.6 Å². The third-order valence-corrected chi connectivity index (χ3v) is 6.38. The molecule has 2 N–H and O–H groups in total. The smallest absolute Gasteiger partial charge is 0.416 e. The van der Waals surface area contributed by atoms with Crippen LogP contribution in [0.25, 0.3) is 0 Å². The number of ether oxygens (including phenoxy) is 2. The normalized spacial score (nSPS) is 17.4. The van der Waals surface area contributed by atoms with Crippen molar-refractivity contribution in [2.45, 2.75) is 71.8 Å². The van der Waals surface area contributed by atoms with Gasteiger partial charge in [0.25, 0.3) is 0 Å². The summed E-state index contributed by atoms with van der Waals surface area (Å²) in [6.45, 7) is 10.1. The van der Waals surface area contributed by atoms with E-state index < -0.39 is 29.4 Å². The van der Waals surface area contributed by atoms with Gasteiger partial charge in [-0.3, -0.25) is 4.90 Å². The molecule has 192 valence electrons. The Kier molecular flexibility index (Phi) is 9.26. The van der Waals surface area contributed by atoms with E-state index in [1.807, 2.05) is 11.8 Å². The van der Waals surface area contributed by atoms with Gasteiger partial charge >= 0.3 is 18.2 Å². The first-order valence-electron chi connectivity index (χ1n) is 11.3. The number of nitrogens with two attached hydrogens (primary N) is 1. The summed E-state index contributed by atoms with van der Waals surface area (Å²) in [5, 5.41) is 0. The zero-order valence-electron chi connectivity index (χ0n) is 20.2. The number of nitrogen functional groups attached to an aromatic ring is 1. The van der Waals surface area contributed by atoms with Crippen LogP contribution >= 0.6 is 15.9 Å². The molecule has 11 heteroatoms. The van der Waals surface area contributed by atoms with E-state index in [2.05, 4.69) is 15.9 Å². The van der Waals surface area contributed by atoms with Gasteiger partial charge in [0.2, 0.25) is 0 Å². The molecule has 1 amide bonds. The summed E-state index contributed by atoms with van der Waals surface area (Å²) < 4.78 is 52.3. The van der Waals surface area contributed by atoms with Gasteiger partial charge in [-0.25, -0.2) is 9.59 Å². The van der Waals surface area contributed by atoms with Gasteiger partial charge in [-0.2, -0.15) is 13.2 Å². The van der Waals surface area contributed by atoms with Crippen molar-refractivity contribution >= 4 is 33.7 Å². The second-order valence-electron chi connectivity index (χ2n) is 9.19. The maximum atomic E-state index is 14.0. The van der Waals surface area contributed by atoms with Gasteiger partial charge in [0.15, 0.2) is 0 Å². The highest BCUT2D eigenvalue weighted by molar-refractivity contribution is 9.10. The Bertz CT molecular complexity index is 903. The Morgan fingerprint density at radius 1 is 1.26 bits per heavy atom. The maximum absolute atomic E-state index is 14.0. The van der Waals surface area contributed by atoms with Crippen molar-refractivity contribution in [3.63, 3.8) is 0 Å². The van der Waals surface area contributed by atoms with E-state index in [9.17, 15) is 22.8 Å². The molecule has 1 aliphatic heterocycles. The number of piperidine rings is 1. The lowest BCUT2D eigenvalue weighted by Crippen LogP contribution is -2.51. The van der Waals surface area contributed by atoms with E-state index >= 15 is 0 Å². The number of amides is 1. The number of carbonyl (C=O) groups is 2. The predicted molar refractivity (Wildman–Crippen MR) is 126 cm³/mol. The third kappa shape index (κ3) is 7.00. The number of halogens is 4. The average molecular weight is 552 g/mol. The lowest BCUT2D eigenvalue weighted by atomic mass is 9.98. The first kappa shape index (κ1) is 28.2. The molecule has 7 nitrogen and oxygen atoms in total. The van der Waals surface area contributed by atoms with E-state index in [4.69, 9.17) is 15.2 Å². The number of carbonyl (C=O) groups excluding carboxylic acids is 2. The number of hydrogen-bond donors (Lipinski definition) is 1.